The number of thioether (sulfide) groups is 1. The van der Waals surface area contributed by atoms with E-state index >= 15 is 0 Å². The Labute approximate surface area is 158 Å². The SMILES string of the molecule is C[Si](C)(CCCSCCCCO[C@@H]1OC(CO)[C@@H](O)[C@H](O)C1O)O[Si]. The molecule has 0 aromatic heterocycles. The molecule has 0 bridgehead atoms. The molecule has 1 heterocycles. The minimum Gasteiger partial charge on any atom is -0.457 e. The van der Waals surface area contributed by atoms with Crippen LogP contribution in [0.5, 0.6) is 0 Å². The van der Waals surface area contributed by atoms with Crippen molar-refractivity contribution < 1.29 is 34.0 Å². The van der Waals surface area contributed by atoms with E-state index in [2.05, 4.69) is 23.6 Å². The van der Waals surface area contributed by atoms with Crippen molar-refractivity contribution in [3.05, 3.63) is 0 Å². The van der Waals surface area contributed by atoms with E-state index in [1.54, 1.807) is 0 Å². The highest BCUT2D eigenvalue weighted by Gasteiger charge is 2.43. The molecule has 147 valence electrons. The van der Waals surface area contributed by atoms with Gasteiger partial charge in [0.25, 0.3) is 0 Å². The maximum Gasteiger partial charge on any atom is 0.230 e. The zero-order valence-electron chi connectivity index (χ0n) is 15.0. The van der Waals surface area contributed by atoms with Crippen LogP contribution in [0.4, 0.5) is 0 Å². The average Bonchev–Trinajstić information content (AvgIpc) is 2.60. The second kappa shape index (κ2) is 12.1. The van der Waals surface area contributed by atoms with Gasteiger partial charge in [-0.05, 0) is 49.9 Å². The van der Waals surface area contributed by atoms with Crippen LogP contribution in [-0.2, 0) is 13.6 Å². The van der Waals surface area contributed by atoms with Crippen molar-refractivity contribution in [2.45, 2.75) is 69.1 Å². The Kier molecular flexibility index (Phi) is 11.4. The first-order chi connectivity index (χ1) is 11.8. The predicted octanol–water partition coefficient (Wildman–Crippen LogP) is 0.0116. The van der Waals surface area contributed by atoms with Gasteiger partial charge in [-0.15, -0.1) is 0 Å². The van der Waals surface area contributed by atoms with Crippen LogP contribution in [0.3, 0.4) is 0 Å². The van der Waals surface area contributed by atoms with Crippen LogP contribution in [0, 0.1) is 0 Å². The van der Waals surface area contributed by atoms with Gasteiger partial charge in [-0.2, -0.15) is 11.8 Å². The molecule has 1 aliphatic rings. The summed E-state index contributed by atoms with van der Waals surface area (Å²) in [6.45, 7) is 4.31. The van der Waals surface area contributed by atoms with Crippen molar-refractivity contribution in [3.63, 3.8) is 0 Å². The smallest absolute Gasteiger partial charge is 0.230 e. The summed E-state index contributed by atoms with van der Waals surface area (Å²) in [5.41, 5.74) is 0. The Bertz CT molecular complexity index is 363. The summed E-state index contributed by atoms with van der Waals surface area (Å²) in [6, 6.07) is 1.13. The normalized spacial score (nSPS) is 30.6. The molecule has 0 amide bonds. The number of hydrogen-bond donors (Lipinski definition) is 4. The molecule has 0 aliphatic carbocycles. The molecule has 10 heteroatoms. The third kappa shape index (κ3) is 8.37. The fourth-order valence-corrected chi connectivity index (χ4v) is 5.12. The number of aliphatic hydroxyl groups excluding tert-OH is 4. The van der Waals surface area contributed by atoms with Gasteiger partial charge >= 0.3 is 0 Å². The fourth-order valence-electron chi connectivity index (χ4n) is 2.46. The molecular weight excluding hydrogens is 380 g/mol. The lowest BCUT2D eigenvalue weighted by atomic mass is 9.99. The van der Waals surface area contributed by atoms with Crippen LogP contribution in [0.15, 0.2) is 0 Å². The summed E-state index contributed by atoms with van der Waals surface area (Å²) in [4.78, 5) is 0. The molecule has 1 fully saturated rings. The second-order valence-corrected chi connectivity index (χ2v) is 12.9. The van der Waals surface area contributed by atoms with Crippen molar-refractivity contribution in [3.8, 4) is 0 Å². The minimum absolute atomic E-state index is 0.389. The molecule has 3 radical (unpaired) electrons. The van der Waals surface area contributed by atoms with E-state index in [1.165, 1.54) is 0 Å². The van der Waals surface area contributed by atoms with Crippen LogP contribution in [0.2, 0.25) is 19.1 Å². The van der Waals surface area contributed by atoms with Crippen LogP contribution in [0.25, 0.3) is 0 Å². The molecule has 0 spiro atoms. The van der Waals surface area contributed by atoms with Crippen molar-refractivity contribution >= 4 is 30.6 Å². The highest BCUT2D eigenvalue weighted by molar-refractivity contribution is 7.99. The molecule has 7 nitrogen and oxygen atoms in total. The van der Waals surface area contributed by atoms with Crippen molar-refractivity contribution in [2.75, 3.05) is 24.7 Å². The number of aliphatic hydroxyl groups is 4. The van der Waals surface area contributed by atoms with Gasteiger partial charge in [-0.3, -0.25) is 0 Å². The van der Waals surface area contributed by atoms with Crippen LogP contribution in [-0.4, -0.2) is 94.7 Å². The summed E-state index contributed by atoms with van der Waals surface area (Å²) >= 11 is 1.90. The van der Waals surface area contributed by atoms with Gasteiger partial charge in [-0.1, -0.05) is 0 Å². The van der Waals surface area contributed by atoms with Crippen molar-refractivity contribution in [2.24, 2.45) is 0 Å². The van der Waals surface area contributed by atoms with Gasteiger partial charge in [0, 0.05) is 6.61 Å². The first-order valence-electron chi connectivity index (χ1n) is 8.67. The Morgan fingerprint density at radius 1 is 1.04 bits per heavy atom. The predicted molar refractivity (Wildman–Crippen MR) is 100 cm³/mol. The quantitative estimate of drug-likeness (QED) is 0.263. The van der Waals surface area contributed by atoms with Crippen molar-refractivity contribution in [1.29, 1.82) is 0 Å². The standard InChI is InChI=1S/C15H31O7SSi2/c1-25(2,22-24)9-5-8-23-7-4-3-6-20-15-14(19)13(18)12(17)11(10-16)21-15/h11-19H,3-10H2,1-2H3/t11?,12-,13+,14?,15-/m1/s1. The van der Waals surface area contributed by atoms with Gasteiger partial charge in [0.15, 0.2) is 14.6 Å². The number of hydrogen-bond acceptors (Lipinski definition) is 8. The maximum atomic E-state index is 9.85. The summed E-state index contributed by atoms with van der Waals surface area (Å²) in [5.74, 6) is 2.15. The van der Waals surface area contributed by atoms with E-state index in [4.69, 9.17) is 18.7 Å². The number of rotatable bonds is 12. The highest BCUT2D eigenvalue weighted by Crippen LogP contribution is 2.22. The van der Waals surface area contributed by atoms with Crippen LogP contribution < -0.4 is 0 Å². The molecule has 1 saturated heterocycles. The van der Waals surface area contributed by atoms with E-state index in [0.29, 0.717) is 6.61 Å². The molecule has 0 saturated carbocycles. The second-order valence-electron chi connectivity index (χ2n) is 6.85. The maximum absolute atomic E-state index is 9.85. The summed E-state index contributed by atoms with van der Waals surface area (Å²) in [6.07, 6.45) is -3.06. The first-order valence-corrected chi connectivity index (χ1v) is 13.3. The van der Waals surface area contributed by atoms with E-state index in [0.717, 1.165) is 36.8 Å². The van der Waals surface area contributed by atoms with Gasteiger partial charge in [0.2, 0.25) is 10.5 Å². The first kappa shape index (κ1) is 23.5. The minimum atomic E-state index is -1.52. The third-order valence-electron chi connectivity index (χ3n) is 4.16. The lowest BCUT2D eigenvalue weighted by Gasteiger charge is -2.39. The van der Waals surface area contributed by atoms with E-state index < -0.39 is 45.6 Å². The van der Waals surface area contributed by atoms with Crippen molar-refractivity contribution in [1.82, 2.24) is 0 Å². The average molecular weight is 412 g/mol. The van der Waals surface area contributed by atoms with Crippen LogP contribution >= 0.6 is 11.8 Å². The highest BCUT2D eigenvalue weighted by atomic mass is 32.2. The number of ether oxygens (including phenoxy) is 2. The Hall–Kier alpha value is 0.504. The summed E-state index contributed by atoms with van der Waals surface area (Å²) in [5, 5.41) is 38.3. The fraction of sp³-hybridized carbons (Fsp3) is 1.00. The molecule has 1 aliphatic heterocycles. The molecule has 2 unspecified atom stereocenters. The summed E-state index contributed by atoms with van der Waals surface area (Å²) < 4.78 is 16.1. The molecule has 0 aromatic carbocycles. The number of unbranched alkanes of at least 4 members (excludes halogenated alkanes) is 1. The van der Waals surface area contributed by atoms with Gasteiger partial charge in [0.1, 0.15) is 24.4 Å². The topological polar surface area (TPSA) is 109 Å². The van der Waals surface area contributed by atoms with Gasteiger partial charge in [-0.25, -0.2) is 0 Å². The summed E-state index contributed by atoms with van der Waals surface area (Å²) in [7, 11) is 1.64. The third-order valence-corrected chi connectivity index (χ3v) is 9.08. The zero-order valence-corrected chi connectivity index (χ0v) is 17.8. The van der Waals surface area contributed by atoms with Gasteiger partial charge in [0.05, 0.1) is 6.61 Å². The molecular formula is C15H31O7SSi2. The van der Waals surface area contributed by atoms with Crippen LogP contribution in [0.1, 0.15) is 19.3 Å². The Morgan fingerprint density at radius 3 is 2.36 bits per heavy atom. The monoisotopic (exact) mass is 411 g/mol. The molecule has 25 heavy (non-hydrogen) atoms. The van der Waals surface area contributed by atoms with E-state index in [9.17, 15) is 15.3 Å². The zero-order chi connectivity index (χ0) is 18.9. The lowest BCUT2D eigenvalue weighted by Crippen LogP contribution is -2.59. The van der Waals surface area contributed by atoms with E-state index in [1.807, 2.05) is 11.8 Å². The molecule has 4 N–H and O–H groups in total. The largest absolute Gasteiger partial charge is 0.457 e. The van der Waals surface area contributed by atoms with E-state index in [-0.39, 0.29) is 0 Å². The Balaban J connectivity index is 2.07. The molecule has 0 aromatic rings. The molecule has 5 atom stereocenters. The Morgan fingerprint density at radius 2 is 1.72 bits per heavy atom. The van der Waals surface area contributed by atoms with Gasteiger partial charge < -0.3 is 34.0 Å². The lowest BCUT2D eigenvalue weighted by molar-refractivity contribution is -0.301. The molecule has 1 rings (SSSR count).